The molecule has 3 N–H and O–H groups in total. The zero-order chi connectivity index (χ0) is 13.0. The number of carbonyl (C=O) groups is 1. The highest BCUT2D eigenvalue weighted by atomic mass is 32.1. The second kappa shape index (κ2) is 5.55. The van der Waals surface area contributed by atoms with Crippen LogP contribution in [0, 0.1) is 17.3 Å². The van der Waals surface area contributed by atoms with Crippen LogP contribution in [0.25, 0.3) is 0 Å². The van der Waals surface area contributed by atoms with Gasteiger partial charge in [-0.1, -0.05) is 18.8 Å². The first kappa shape index (κ1) is 13.1. The van der Waals surface area contributed by atoms with Gasteiger partial charge in [-0.3, -0.25) is 4.79 Å². The number of amides is 1. The Hall–Kier alpha value is -1.31. The molecule has 1 fully saturated rings. The van der Waals surface area contributed by atoms with Crippen LogP contribution >= 0.6 is 11.3 Å². The molecule has 1 aliphatic rings. The highest BCUT2D eigenvalue weighted by Crippen LogP contribution is 2.47. The van der Waals surface area contributed by atoms with Crippen molar-refractivity contribution in [1.82, 2.24) is 5.32 Å². The van der Waals surface area contributed by atoms with Gasteiger partial charge >= 0.3 is 0 Å². The maximum Gasteiger partial charge on any atom is 0.252 e. The summed E-state index contributed by atoms with van der Waals surface area (Å²) in [5.74, 6) is 5.73. The Bertz CT molecular complexity index is 491. The molecule has 0 spiro atoms. The van der Waals surface area contributed by atoms with Gasteiger partial charge in [0.25, 0.3) is 5.91 Å². The fourth-order valence-corrected chi connectivity index (χ4v) is 2.62. The molecule has 0 aliphatic heterocycles. The molecule has 1 amide bonds. The van der Waals surface area contributed by atoms with E-state index in [0.29, 0.717) is 17.5 Å². The van der Waals surface area contributed by atoms with E-state index >= 15 is 0 Å². The summed E-state index contributed by atoms with van der Waals surface area (Å²) in [6.45, 7) is 3.32. The average Bonchev–Trinajstić information content (AvgIpc) is 3.03. The lowest BCUT2D eigenvalue weighted by Gasteiger charge is -2.12. The highest BCUT2D eigenvalue weighted by molar-refractivity contribution is 7.10. The lowest BCUT2D eigenvalue weighted by molar-refractivity contribution is 0.0945. The fourth-order valence-electron chi connectivity index (χ4n) is 1.86. The minimum atomic E-state index is 0.00627. The molecule has 0 radical (unpaired) electrons. The van der Waals surface area contributed by atoms with Crippen LogP contribution in [0.3, 0.4) is 0 Å². The van der Waals surface area contributed by atoms with Crippen molar-refractivity contribution in [3.63, 3.8) is 0 Å². The third kappa shape index (κ3) is 3.12. The molecule has 2 rings (SSSR count). The standard InChI is InChI=1S/C14H18N2OS/c1-2-14(5-6-14)10-16-13(17)11-8-12(18-9-11)4-3-7-15/h8-9H,2,5-7,10,15H2,1H3,(H,16,17). The van der Waals surface area contributed by atoms with Crippen LogP contribution < -0.4 is 11.1 Å². The van der Waals surface area contributed by atoms with E-state index in [1.807, 2.05) is 11.4 Å². The van der Waals surface area contributed by atoms with E-state index in [-0.39, 0.29) is 5.91 Å². The second-order valence-electron chi connectivity index (χ2n) is 4.74. The van der Waals surface area contributed by atoms with Gasteiger partial charge in [0.05, 0.1) is 17.0 Å². The third-order valence-electron chi connectivity index (χ3n) is 3.51. The second-order valence-corrected chi connectivity index (χ2v) is 5.65. The molecule has 0 bridgehead atoms. The SMILES string of the molecule is CCC1(CNC(=O)c2csc(C#CCN)c2)CC1. The van der Waals surface area contributed by atoms with Crippen molar-refractivity contribution >= 4 is 17.2 Å². The summed E-state index contributed by atoms with van der Waals surface area (Å²) in [6, 6.07) is 1.83. The van der Waals surface area contributed by atoms with Crippen molar-refractivity contribution in [3.05, 3.63) is 21.9 Å². The number of rotatable bonds is 4. The van der Waals surface area contributed by atoms with Crippen molar-refractivity contribution in [1.29, 1.82) is 0 Å². The molecule has 3 nitrogen and oxygen atoms in total. The third-order valence-corrected chi connectivity index (χ3v) is 4.35. The molecular formula is C14H18N2OS. The maximum atomic E-state index is 11.9. The first-order chi connectivity index (χ1) is 8.69. The first-order valence-electron chi connectivity index (χ1n) is 6.25. The van der Waals surface area contributed by atoms with Crippen molar-refractivity contribution in [2.24, 2.45) is 11.1 Å². The summed E-state index contributed by atoms with van der Waals surface area (Å²) in [7, 11) is 0. The largest absolute Gasteiger partial charge is 0.351 e. The Morgan fingerprint density at radius 3 is 3.00 bits per heavy atom. The van der Waals surface area contributed by atoms with Crippen LogP contribution in [-0.4, -0.2) is 19.0 Å². The molecule has 0 unspecified atom stereocenters. The van der Waals surface area contributed by atoms with Gasteiger partial charge in [0.2, 0.25) is 0 Å². The zero-order valence-electron chi connectivity index (χ0n) is 10.6. The van der Waals surface area contributed by atoms with E-state index in [1.165, 1.54) is 24.2 Å². The monoisotopic (exact) mass is 262 g/mol. The van der Waals surface area contributed by atoms with Crippen molar-refractivity contribution in [3.8, 4) is 11.8 Å². The van der Waals surface area contributed by atoms with E-state index in [9.17, 15) is 4.79 Å². The molecule has 0 aromatic carbocycles. The number of nitrogens with two attached hydrogens (primary N) is 1. The van der Waals surface area contributed by atoms with Gasteiger partial charge in [0, 0.05) is 11.9 Å². The lowest BCUT2D eigenvalue weighted by atomic mass is 10.0. The van der Waals surface area contributed by atoms with Crippen LogP contribution in [0.1, 0.15) is 41.4 Å². The minimum Gasteiger partial charge on any atom is -0.351 e. The van der Waals surface area contributed by atoms with Crippen molar-refractivity contribution in [2.75, 3.05) is 13.1 Å². The molecule has 0 saturated heterocycles. The molecule has 4 heteroatoms. The molecular weight excluding hydrogens is 244 g/mol. The average molecular weight is 262 g/mol. The minimum absolute atomic E-state index is 0.00627. The van der Waals surface area contributed by atoms with Crippen LogP contribution in [-0.2, 0) is 0 Å². The number of thiophene rings is 1. The maximum absolute atomic E-state index is 11.9. The Labute approximate surface area is 112 Å². The van der Waals surface area contributed by atoms with Crippen LogP contribution in [0.5, 0.6) is 0 Å². The van der Waals surface area contributed by atoms with Crippen LogP contribution in [0.2, 0.25) is 0 Å². The Morgan fingerprint density at radius 2 is 2.39 bits per heavy atom. The lowest BCUT2D eigenvalue weighted by Crippen LogP contribution is -2.29. The van der Waals surface area contributed by atoms with Gasteiger partial charge in [-0.15, -0.1) is 11.3 Å². The number of carbonyl (C=O) groups excluding carboxylic acids is 1. The molecule has 96 valence electrons. The van der Waals surface area contributed by atoms with Gasteiger partial charge < -0.3 is 11.1 Å². The molecule has 0 atom stereocenters. The Kier molecular flexibility index (Phi) is 4.05. The molecule has 1 saturated carbocycles. The van der Waals surface area contributed by atoms with Crippen molar-refractivity contribution in [2.45, 2.75) is 26.2 Å². The van der Waals surface area contributed by atoms with E-state index < -0.39 is 0 Å². The Balaban J connectivity index is 1.90. The molecule has 18 heavy (non-hydrogen) atoms. The van der Waals surface area contributed by atoms with Gasteiger partial charge in [-0.25, -0.2) is 0 Å². The summed E-state index contributed by atoms with van der Waals surface area (Å²) >= 11 is 1.48. The van der Waals surface area contributed by atoms with E-state index in [1.54, 1.807) is 0 Å². The summed E-state index contributed by atoms with van der Waals surface area (Å²) in [4.78, 5) is 12.8. The summed E-state index contributed by atoms with van der Waals surface area (Å²) in [5, 5.41) is 4.87. The summed E-state index contributed by atoms with van der Waals surface area (Å²) in [5.41, 5.74) is 6.40. The van der Waals surface area contributed by atoms with E-state index in [0.717, 1.165) is 17.8 Å². The highest BCUT2D eigenvalue weighted by Gasteiger charge is 2.40. The fraction of sp³-hybridized carbons (Fsp3) is 0.500. The quantitative estimate of drug-likeness (QED) is 0.815. The molecule has 1 aromatic heterocycles. The predicted molar refractivity (Wildman–Crippen MR) is 74.5 cm³/mol. The van der Waals surface area contributed by atoms with E-state index in [2.05, 4.69) is 24.1 Å². The number of hydrogen-bond donors (Lipinski definition) is 2. The molecule has 1 heterocycles. The van der Waals surface area contributed by atoms with Gasteiger partial charge in [0.1, 0.15) is 0 Å². The predicted octanol–water partition coefficient (Wildman–Crippen LogP) is 1.98. The topological polar surface area (TPSA) is 55.1 Å². The van der Waals surface area contributed by atoms with Crippen LogP contribution in [0.4, 0.5) is 0 Å². The van der Waals surface area contributed by atoms with E-state index in [4.69, 9.17) is 5.73 Å². The van der Waals surface area contributed by atoms with Gasteiger partial charge in [0.15, 0.2) is 0 Å². The normalized spacial score (nSPS) is 15.7. The number of nitrogens with one attached hydrogen (secondary N) is 1. The molecule has 1 aliphatic carbocycles. The van der Waals surface area contributed by atoms with Crippen LogP contribution in [0.15, 0.2) is 11.4 Å². The summed E-state index contributed by atoms with van der Waals surface area (Å²) < 4.78 is 0. The smallest absolute Gasteiger partial charge is 0.252 e. The van der Waals surface area contributed by atoms with Crippen molar-refractivity contribution < 1.29 is 4.79 Å². The summed E-state index contributed by atoms with van der Waals surface area (Å²) in [6.07, 6.45) is 3.62. The molecule has 1 aromatic rings. The Morgan fingerprint density at radius 1 is 1.61 bits per heavy atom. The zero-order valence-corrected chi connectivity index (χ0v) is 11.4. The number of hydrogen-bond acceptors (Lipinski definition) is 3. The first-order valence-corrected chi connectivity index (χ1v) is 7.13. The van der Waals surface area contributed by atoms with Gasteiger partial charge in [-0.2, -0.15) is 0 Å². The van der Waals surface area contributed by atoms with Gasteiger partial charge in [-0.05, 0) is 30.7 Å².